The molecule has 3 aromatic heterocycles. The Labute approximate surface area is 217 Å². The largest absolute Gasteiger partial charge is 0.433 e. The summed E-state index contributed by atoms with van der Waals surface area (Å²) in [4.78, 5) is 26.8. The first-order chi connectivity index (χ1) is 18.1. The number of hydrazone groups is 1. The van der Waals surface area contributed by atoms with Crippen molar-refractivity contribution in [1.29, 1.82) is 0 Å². The van der Waals surface area contributed by atoms with Crippen LogP contribution in [0.15, 0.2) is 35.8 Å². The Hall–Kier alpha value is -3.87. The zero-order valence-electron chi connectivity index (χ0n) is 21.1. The van der Waals surface area contributed by atoms with Gasteiger partial charge in [0.2, 0.25) is 5.95 Å². The van der Waals surface area contributed by atoms with Gasteiger partial charge in [0.1, 0.15) is 17.5 Å². The Morgan fingerprint density at radius 1 is 1.16 bits per heavy atom. The van der Waals surface area contributed by atoms with Gasteiger partial charge in [0.05, 0.1) is 42.4 Å². The molecule has 1 aliphatic heterocycles. The van der Waals surface area contributed by atoms with Crippen molar-refractivity contribution in [2.75, 3.05) is 32.1 Å². The fourth-order valence-corrected chi connectivity index (χ4v) is 4.28. The van der Waals surface area contributed by atoms with Crippen molar-refractivity contribution in [3.05, 3.63) is 53.2 Å². The van der Waals surface area contributed by atoms with Crippen LogP contribution in [0.3, 0.4) is 0 Å². The predicted octanol–water partition coefficient (Wildman–Crippen LogP) is 3.76. The minimum Gasteiger partial charge on any atom is -0.367 e. The van der Waals surface area contributed by atoms with Crippen molar-refractivity contribution in [3.8, 4) is 11.3 Å². The molecule has 2 aliphatic rings. The number of aromatic nitrogens is 5. The smallest absolute Gasteiger partial charge is 0.367 e. The normalized spacial score (nSPS) is 20.2. The molecular formula is C25H27F3N8O2. The molecule has 1 saturated carbocycles. The van der Waals surface area contributed by atoms with Gasteiger partial charge in [-0.3, -0.25) is 14.5 Å². The maximum absolute atomic E-state index is 13.1. The molecule has 1 saturated heterocycles. The van der Waals surface area contributed by atoms with Crippen LogP contribution in [-0.4, -0.2) is 75.5 Å². The summed E-state index contributed by atoms with van der Waals surface area (Å²) in [5.74, 6) is 0.263. The number of aldehydes is 1. The zero-order chi connectivity index (χ0) is 27.0. The van der Waals surface area contributed by atoms with Crippen molar-refractivity contribution in [3.63, 3.8) is 0 Å². The first kappa shape index (κ1) is 25.8. The Morgan fingerprint density at radius 3 is 2.58 bits per heavy atom. The lowest BCUT2D eigenvalue weighted by Crippen LogP contribution is -2.43. The van der Waals surface area contributed by atoms with Gasteiger partial charge in [-0.1, -0.05) is 0 Å². The quantitative estimate of drug-likeness (QED) is 0.260. The Morgan fingerprint density at radius 2 is 1.95 bits per heavy atom. The maximum atomic E-state index is 13.1. The van der Waals surface area contributed by atoms with E-state index in [0.29, 0.717) is 31.0 Å². The van der Waals surface area contributed by atoms with Gasteiger partial charge in [-0.2, -0.15) is 23.4 Å². The summed E-state index contributed by atoms with van der Waals surface area (Å²) in [6.45, 7) is 2.81. The molecule has 0 N–H and O–H groups in total. The van der Waals surface area contributed by atoms with E-state index in [1.165, 1.54) is 17.3 Å². The number of pyridine rings is 1. The van der Waals surface area contributed by atoms with Crippen LogP contribution in [-0.2, 0) is 10.9 Å². The van der Waals surface area contributed by atoms with Crippen LogP contribution in [0.5, 0.6) is 0 Å². The molecule has 0 radical (unpaired) electrons. The molecule has 0 bridgehead atoms. The fraction of sp³-hybridized carbons (Fsp3) is 0.440. The molecule has 38 heavy (non-hydrogen) atoms. The maximum Gasteiger partial charge on any atom is 0.433 e. The van der Waals surface area contributed by atoms with E-state index >= 15 is 0 Å². The number of hydrogen-bond donors (Lipinski definition) is 0. The molecule has 2 fully saturated rings. The van der Waals surface area contributed by atoms with Crippen molar-refractivity contribution < 1.29 is 22.7 Å². The number of rotatable bonds is 7. The number of morpholine rings is 1. The SMILES string of the molecule is CC1CN(c2nc(C=O)c(/C=N\N(C)C)c(-c3ccc(C(F)(F)F)nc3)n2)CC(c2cnn(C3CC3)c2)O1. The van der Waals surface area contributed by atoms with Crippen molar-refractivity contribution in [1.82, 2.24) is 29.7 Å². The van der Waals surface area contributed by atoms with Crippen LogP contribution >= 0.6 is 0 Å². The molecule has 5 rings (SSSR count). The summed E-state index contributed by atoms with van der Waals surface area (Å²) < 4.78 is 47.5. The second-order valence-corrected chi connectivity index (χ2v) is 9.64. The molecule has 0 aromatic carbocycles. The highest BCUT2D eigenvalue weighted by molar-refractivity contribution is 5.97. The van der Waals surface area contributed by atoms with Gasteiger partial charge in [-0.25, -0.2) is 9.97 Å². The molecule has 0 amide bonds. The number of ether oxygens (including phenoxy) is 1. The standard InChI is InChI=1S/C25H27F3N8O2/c1-15-11-35(13-21(38-15)17-9-31-36(12-17)18-5-6-18)24-32-20(14-37)19(10-30-34(2)3)23(33-24)16-4-7-22(29-8-16)25(26,27)28/h4,7-10,12,14-15,18,21H,5-6,11,13H2,1-3H3/b30-10-. The third kappa shape index (κ3) is 5.52. The number of nitrogens with zero attached hydrogens (tertiary/aromatic N) is 8. The zero-order valence-corrected chi connectivity index (χ0v) is 21.1. The van der Waals surface area contributed by atoms with E-state index in [1.54, 1.807) is 20.3 Å². The van der Waals surface area contributed by atoms with E-state index in [2.05, 4.69) is 20.2 Å². The third-order valence-electron chi connectivity index (χ3n) is 6.28. The number of carbonyl (C=O) groups excluding carboxylic acids is 1. The molecular weight excluding hydrogens is 501 g/mol. The van der Waals surface area contributed by atoms with Crippen LogP contribution < -0.4 is 4.90 Å². The summed E-state index contributed by atoms with van der Waals surface area (Å²) in [7, 11) is 3.40. The molecule has 200 valence electrons. The number of anilines is 1. The molecule has 1 aliphatic carbocycles. The van der Waals surface area contributed by atoms with Crippen LogP contribution in [0, 0.1) is 0 Å². The van der Waals surface area contributed by atoms with Gasteiger partial charge in [0.15, 0.2) is 6.29 Å². The highest BCUT2D eigenvalue weighted by atomic mass is 19.4. The number of carbonyl (C=O) groups is 1. The molecule has 2 atom stereocenters. The van der Waals surface area contributed by atoms with Gasteiger partial charge in [0.25, 0.3) is 0 Å². The molecule has 0 spiro atoms. The van der Waals surface area contributed by atoms with E-state index in [-0.39, 0.29) is 35.1 Å². The van der Waals surface area contributed by atoms with E-state index in [9.17, 15) is 18.0 Å². The minimum absolute atomic E-state index is 0.0627. The summed E-state index contributed by atoms with van der Waals surface area (Å²) in [6.07, 6.45) is 4.08. The van der Waals surface area contributed by atoms with Gasteiger partial charge in [-0.15, -0.1) is 0 Å². The lowest BCUT2D eigenvalue weighted by molar-refractivity contribution is -0.141. The average Bonchev–Trinajstić information content (AvgIpc) is 3.62. The fourth-order valence-electron chi connectivity index (χ4n) is 4.28. The molecule has 2 unspecified atom stereocenters. The minimum atomic E-state index is -4.58. The number of alkyl halides is 3. The summed E-state index contributed by atoms with van der Waals surface area (Å²) >= 11 is 0. The van der Waals surface area contributed by atoms with Crippen LogP contribution in [0.1, 0.15) is 59.2 Å². The number of hydrogen-bond acceptors (Lipinski definition) is 9. The first-order valence-corrected chi connectivity index (χ1v) is 12.2. The van der Waals surface area contributed by atoms with Gasteiger partial charge >= 0.3 is 6.18 Å². The summed E-state index contributed by atoms with van der Waals surface area (Å²) in [6, 6.07) is 2.60. The van der Waals surface area contributed by atoms with Crippen molar-refractivity contribution >= 4 is 18.4 Å². The monoisotopic (exact) mass is 528 g/mol. The van der Waals surface area contributed by atoms with Crippen LogP contribution in [0.25, 0.3) is 11.3 Å². The number of halogens is 3. The average molecular weight is 529 g/mol. The lowest BCUT2D eigenvalue weighted by atomic mass is 10.1. The van der Waals surface area contributed by atoms with E-state index < -0.39 is 11.9 Å². The van der Waals surface area contributed by atoms with Crippen LogP contribution in [0.2, 0.25) is 0 Å². The van der Waals surface area contributed by atoms with Crippen LogP contribution in [0.4, 0.5) is 19.1 Å². The first-order valence-electron chi connectivity index (χ1n) is 12.2. The lowest BCUT2D eigenvalue weighted by Gasteiger charge is -2.36. The molecule has 13 heteroatoms. The van der Waals surface area contributed by atoms with E-state index in [0.717, 1.165) is 30.7 Å². The van der Waals surface area contributed by atoms with Crippen molar-refractivity contribution in [2.24, 2.45) is 5.10 Å². The highest BCUT2D eigenvalue weighted by Crippen LogP contribution is 2.36. The Bertz CT molecular complexity index is 1340. The van der Waals surface area contributed by atoms with E-state index in [1.807, 2.05) is 22.7 Å². The van der Waals surface area contributed by atoms with Crippen molar-refractivity contribution in [2.45, 2.75) is 44.2 Å². The summed E-state index contributed by atoms with van der Waals surface area (Å²) in [5.41, 5.74) is 0.808. The second kappa shape index (κ2) is 10.1. The molecule has 10 nitrogen and oxygen atoms in total. The summed E-state index contributed by atoms with van der Waals surface area (Å²) in [5, 5.41) is 10.2. The second-order valence-electron chi connectivity index (χ2n) is 9.64. The highest BCUT2D eigenvalue weighted by Gasteiger charge is 2.33. The molecule has 4 heterocycles. The van der Waals surface area contributed by atoms with E-state index in [4.69, 9.17) is 9.72 Å². The Kier molecular flexibility index (Phi) is 6.86. The molecule has 3 aromatic rings. The Balaban J connectivity index is 1.53. The third-order valence-corrected chi connectivity index (χ3v) is 6.28. The van der Waals surface area contributed by atoms with Gasteiger partial charge in [-0.05, 0) is 31.9 Å². The van der Waals surface area contributed by atoms with Gasteiger partial charge in [0, 0.05) is 44.2 Å². The predicted molar refractivity (Wildman–Crippen MR) is 133 cm³/mol. The topological polar surface area (TPSA) is 102 Å². The van der Waals surface area contributed by atoms with Gasteiger partial charge < -0.3 is 14.6 Å².